The number of amides is 2. The molecule has 0 aromatic heterocycles. The topological polar surface area (TPSA) is 32.3 Å². The van der Waals surface area contributed by atoms with Crippen LogP contribution >= 0.6 is 0 Å². The highest BCUT2D eigenvalue weighted by Crippen LogP contribution is 2.25. The molecule has 70 valence electrons. The monoisotopic (exact) mass is 170 g/mol. The van der Waals surface area contributed by atoms with E-state index in [1.165, 1.54) is 0 Å². The standard InChI is InChI=1S/C9H18N2O/c1-5-6-7-9(2,3)10-8(12)11(7)4/h7H,5-6H2,1-4H3,(H,10,12). The molecule has 0 aromatic rings. The molecular weight excluding hydrogens is 152 g/mol. The molecule has 3 nitrogen and oxygen atoms in total. The Morgan fingerprint density at radius 1 is 1.58 bits per heavy atom. The Hall–Kier alpha value is -0.730. The van der Waals surface area contributed by atoms with Gasteiger partial charge in [0.05, 0.1) is 11.6 Å². The first-order valence-electron chi connectivity index (χ1n) is 4.54. The van der Waals surface area contributed by atoms with Crippen LogP contribution in [0.4, 0.5) is 4.79 Å². The first kappa shape index (κ1) is 9.36. The second-order valence-corrected chi connectivity index (χ2v) is 4.07. The molecule has 0 aliphatic carbocycles. The summed E-state index contributed by atoms with van der Waals surface area (Å²) in [5, 5.41) is 2.96. The zero-order valence-corrected chi connectivity index (χ0v) is 8.35. The van der Waals surface area contributed by atoms with Gasteiger partial charge in [-0.3, -0.25) is 0 Å². The number of carbonyl (C=O) groups is 1. The number of rotatable bonds is 2. The maximum absolute atomic E-state index is 11.3. The molecule has 0 bridgehead atoms. The van der Waals surface area contributed by atoms with E-state index in [1.54, 1.807) is 0 Å². The summed E-state index contributed by atoms with van der Waals surface area (Å²) in [5.41, 5.74) is -0.0676. The van der Waals surface area contributed by atoms with Crippen molar-refractivity contribution in [3.63, 3.8) is 0 Å². The highest BCUT2D eigenvalue weighted by molar-refractivity contribution is 5.78. The summed E-state index contributed by atoms with van der Waals surface area (Å²) in [6, 6.07) is 0.397. The van der Waals surface area contributed by atoms with Crippen LogP contribution in [0.1, 0.15) is 33.6 Å². The van der Waals surface area contributed by atoms with Crippen molar-refractivity contribution in [1.29, 1.82) is 0 Å². The summed E-state index contributed by atoms with van der Waals surface area (Å²) in [5.74, 6) is 0. The minimum absolute atomic E-state index is 0.0541. The van der Waals surface area contributed by atoms with Gasteiger partial charge in [0.2, 0.25) is 0 Å². The molecule has 1 unspecified atom stereocenters. The van der Waals surface area contributed by atoms with Crippen LogP contribution in [0.15, 0.2) is 0 Å². The molecule has 0 aromatic carbocycles. The summed E-state index contributed by atoms with van der Waals surface area (Å²) < 4.78 is 0. The largest absolute Gasteiger partial charge is 0.331 e. The van der Waals surface area contributed by atoms with Gasteiger partial charge in [0.15, 0.2) is 0 Å². The molecule has 1 aliphatic heterocycles. The number of carbonyl (C=O) groups excluding carboxylic acids is 1. The van der Waals surface area contributed by atoms with E-state index in [2.05, 4.69) is 26.1 Å². The zero-order chi connectivity index (χ0) is 9.35. The lowest BCUT2D eigenvalue weighted by atomic mass is 9.92. The maximum Gasteiger partial charge on any atom is 0.317 e. The minimum atomic E-state index is -0.0676. The van der Waals surface area contributed by atoms with Gasteiger partial charge < -0.3 is 10.2 Å². The molecule has 2 amide bonds. The van der Waals surface area contributed by atoms with E-state index >= 15 is 0 Å². The number of hydrogen-bond acceptors (Lipinski definition) is 1. The Balaban J connectivity index is 2.74. The molecule has 12 heavy (non-hydrogen) atoms. The highest BCUT2D eigenvalue weighted by Gasteiger charge is 2.42. The number of nitrogens with zero attached hydrogens (tertiary/aromatic N) is 1. The lowest BCUT2D eigenvalue weighted by molar-refractivity contribution is 0.209. The molecule has 1 fully saturated rings. The Kier molecular flexibility index (Phi) is 2.31. The van der Waals surface area contributed by atoms with E-state index in [1.807, 2.05) is 11.9 Å². The van der Waals surface area contributed by atoms with E-state index in [-0.39, 0.29) is 11.6 Å². The molecule has 1 rings (SSSR count). The molecule has 1 aliphatic rings. The van der Waals surface area contributed by atoms with E-state index in [4.69, 9.17) is 0 Å². The summed E-state index contributed by atoms with van der Waals surface area (Å²) in [7, 11) is 1.87. The van der Waals surface area contributed by atoms with Gasteiger partial charge in [-0.2, -0.15) is 0 Å². The van der Waals surface area contributed by atoms with Crippen LogP contribution in [0, 0.1) is 0 Å². The van der Waals surface area contributed by atoms with E-state index in [0.29, 0.717) is 6.04 Å². The molecule has 0 spiro atoms. The lowest BCUT2D eigenvalue weighted by Gasteiger charge is -2.28. The number of urea groups is 1. The molecule has 1 atom stereocenters. The van der Waals surface area contributed by atoms with Crippen molar-refractivity contribution in [3.05, 3.63) is 0 Å². The van der Waals surface area contributed by atoms with E-state index < -0.39 is 0 Å². The molecule has 0 radical (unpaired) electrons. The quantitative estimate of drug-likeness (QED) is 0.670. The van der Waals surface area contributed by atoms with Gasteiger partial charge in [-0.05, 0) is 20.3 Å². The molecule has 1 heterocycles. The summed E-state index contributed by atoms with van der Waals surface area (Å²) >= 11 is 0. The Labute approximate surface area is 74.1 Å². The third kappa shape index (κ3) is 1.40. The Morgan fingerprint density at radius 2 is 2.17 bits per heavy atom. The van der Waals surface area contributed by atoms with Crippen molar-refractivity contribution in [2.24, 2.45) is 0 Å². The first-order chi connectivity index (χ1) is 5.49. The lowest BCUT2D eigenvalue weighted by Crippen LogP contribution is -2.43. The van der Waals surface area contributed by atoms with Crippen LogP contribution < -0.4 is 5.32 Å². The fraction of sp³-hybridized carbons (Fsp3) is 0.889. The van der Waals surface area contributed by atoms with Gasteiger partial charge in [0.25, 0.3) is 0 Å². The average molecular weight is 170 g/mol. The second kappa shape index (κ2) is 2.96. The second-order valence-electron chi connectivity index (χ2n) is 4.07. The van der Waals surface area contributed by atoms with Crippen LogP contribution in [0.2, 0.25) is 0 Å². The molecule has 1 N–H and O–H groups in total. The van der Waals surface area contributed by atoms with Crippen molar-refractivity contribution < 1.29 is 4.79 Å². The zero-order valence-electron chi connectivity index (χ0n) is 8.35. The Bertz CT molecular complexity index is 189. The van der Waals surface area contributed by atoms with Crippen molar-refractivity contribution in [3.8, 4) is 0 Å². The smallest absolute Gasteiger partial charge is 0.317 e. The average Bonchev–Trinajstić information content (AvgIpc) is 2.13. The predicted octanol–water partition coefficient (Wildman–Crippen LogP) is 1.59. The highest BCUT2D eigenvalue weighted by atomic mass is 16.2. The van der Waals surface area contributed by atoms with Crippen LogP contribution in [-0.4, -0.2) is 29.6 Å². The minimum Gasteiger partial charge on any atom is -0.331 e. The molecule has 1 saturated heterocycles. The fourth-order valence-corrected chi connectivity index (χ4v) is 1.90. The van der Waals surface area contributed by atoms with Crippen LogP contribution in [0.3, 0.4) is 0 Å². The predicted molar refractivity (Wildman–Crippen MR) is 49.1 cm³/mol. The van der Waals surface area contributed by atoms with E-state index in [9.17, 15) is 4.79 Å². The van der Waals surface area contributed by atoms with Crippen molar-refractivity contribution in [2.45, 2.75) is 45.2 Å². The molecular formula is C9H18N2O. The third-order valence-electron chi connectivity index (χ3n) is 2.61. The first-order valence-corrected chi connectivity index (χ1v) is 4.54. The van der Waals surface area contributed by atoms with Crippen molar-refractivity contribution in [2.75, 3.05) is 7.05 Å². The van der Waals surface area contributed by atoms with Crippen molar-refractivity contribution in [1.82, 2.24) is 10.2 Å². The number of nitrogens with one attached hydrogen (secondary N) is 1. The maximum atomic E-state index is 11.3. The normalized spacial score (nSPS) is 27.5. The van der Waals surface area contributed by atoms with Crippen molar-refractivity contribution >= 4 is 6.03 Å². The summed E-state index contributed by atoms with van der Waals surface area (Å²) in [6.07, 6.45) is 2.19. The van der Waals surface area contributed by atoms with Gasteiger partial charge in [0.1, 0.15) is 0 Å². The summed E-state index contributed by atoms with van der Waals surface area (Å²) in [6.45, 7) is 6.30. The van der Waals surface area contributed by atoms with Gasteiger partial charge in [-0.15, -0.1) is 0 Å². The van der Waals surface area contributed by atoms with Gasteiger partial charge in [-0.25, -0.2) is 4.79 Å². The fourth-order valence-electron chi connectivity index (χ4n) is 1.90. The van der Waals surface area contributed by atoms with Gasteiger partial charge >= 0.3 is 6.03 Å². The molecule has 3 heteroatoms. The van der Waals surface area contributed by atoms with Crippen LogP contribution in [0.25, 0.3) is 0 Å². The van der Waals surface area contributed by atoms with Gasteiger partial charge in [0, 0.05) is 7.05 Å². The number of likely N-dealkylation sites (N-methyl/N-ethyl adjacent to an activating group) is 1. The SMILES string of the molecule is CCCC1N(C)C(=O)NC1(C)C. The molecule has 0 saturated carbocycles. The third-order valence-corrected chi connectivity index (χ3v) is 2.61. The summed E-state index contributed by atoms with van der Waals surface area (Å²) in [4.78, 5) is 13.1. The van der Waals surface area contributed by atoms with Crippen LogP contribution in [0.5, 0.6) is 0 Å². The number of hydrogen-bond donors (Lipinski definition) is 1. The van der Waals surface area contributed by atoms with Gasteiger partial charge in [-0.1, -0.05) is 13.3 Å². The van der Waals surface area contributed by atoms with E-state index in [0.717, 1.165) is 12.8 Å². The Morgan fingerprint density at radius 3 is 2.50 bits per heavy atom. The van der Waals surface area contributed by atoms with Crippen LogP contribution in [-0.2, 0) is 0 Å².